The van der Waals surface area contributed by atoms with Crippen LogP contribution in [0.25, 0.3) is 27.8 Å². The Balaban J connectivity index is 2.04. The van der Waals surface area contributed by atoms with E-state index in [1.807, 2.05) is 41.0 Å². The SMILES string of the molecule is Fc1cc(-c2cc3ccncc3n2-c2ccc(Cl)cc2)ccn1. The first-order chi connectivity index (χ1) is 11.2. The van der Waals surface area contributed by atoms with Crippen LogP contribution >= 0.6 is 11.6 Å². The van der Waals surface area contributed by atoms with Crippen LogP contribution in [0.5, 0.6) is 0 Å². The molecular weight excluding hydrogens is 313 g/mol. The number of fused-ring (bicyclic) bond motifs is 1. The number of hydrogen-bond donors (Lipinski definition) is 0. The van der Waals surface area contributed by atoms with Crippen molar-refractivity contribution in [2.45, 2.75) is 0 Å². The zero-order chi connectivity index (χ0) is 15.8. The number of benzene rings is 1. The molecule has 0 fully saturated rings. The van der Waals surface area contributed by atoms with Crippen molar-refractivity contribution in [2.75, 3.05) is 0 Å². The Morgan fingerprint density at radius 3 is 2.57 bits per heavy atom. The van der Waals surface area contributed by atoms with Gasteiger partial charge >= 0.3 is 0 Å². The molecule has 23 heavy (non-hydrogen) atoms. The smallest absolute Gasteiger partial charge is 0.213 e. The Bertz CT molecular complexity index is 993. The highest BCUT2D eigenvalue weighted by molar-refractivity contribution is 6.30. The lowest BCUT2D eigenvalue weighted by Gasteiger charge is -2.11. The Morgan fingerprint density at radius 1 is 0.957 bits per heavy atom. The molecule has 0 spiro atoms. The van der Waals surface area contributed by atoms with Crippen molar-refractivity contribution in [2.24, 2.45) is 0 Å². The summed E-state index contributed by atoms with van der Waals surface area (Å²) in [6.45, 7) is 0. The maximum Gasteiger partial charge on any atom is 0.213 e. The van der Waals surface area contributed by atoms with Gasteiger partial charge in [0.1, 0.15) is 0 Å². The molecule has 112 valence electrons. The maximum atomic E-state index is 13.5. The van der Waals surface area contributed by atoms with Gasteiger partial charge in [0.15, 0.2) is 0 Å². The van der Waals surface area contributed by atoms with E-state index in [0.717, 1.165) is 27.8 Å². The van der Waals surface area contributed by atoms with Gasteiger partial charge in [0.25, 0.3) is 0 Å². The third-order valence-corrected chi connectivity index (χ3v) is 3.97. The summed E-state index contributed by atoms with van der Waals surface area (Å²) in [4.78, 5) is 7.84. The van der Waals surface area contributed by atoms with Crippen molar-refractivity contribution in [3.63, 3.8) is 0 Å². The van der Waals surface area contributed by atoms with Crippen LogP contribution < -0.4 is 0 Å². The summed E-state index contributed by atoms with van der Waals surface area (Å²) >= 11 is 5.99. The van der Waals surface area contributed by atoms with E-state index in [0.29, 0.717) is 5.02 Å². The summed E-state index contributed by atoms with van der Waals surface area (Å²) in [5, 5.41) is 1.70. The maximum absolute atomic E-state index is 13.5. The first-order valence-corrected chi connectivity index (χ1v) is 7.43. The van der Waals surface area contributed by atoms with Crippen molar-refractivity contribution in [3.8, 4) is 16.9 Å². The van der Waals surface area contributed by atoms with Crippen molar-refractivity contribution in [1.29, 1.82) is 0 Å². The second-order valence-electron chi connectivity index (χ2n) is 5.14. The first-order valence-electron chi connectivity index (χ1n) is 7.06. The minimum absolute atomic E-state index is 0.506. The number of aromatic nitrogens is 3. The predicted molar refractivity (Wildman–Crippen MR) is 89.3 cm³/mol. The molecule has 1 aromatic carbocycles. The molecule has 5 heteroatoms. The first kappa shape index (κ1) is 13.9. The summed E-state index contributed by atoms with van der Waals surface area (Å²) in [6, 6.07) is 14.7. The van der Waals surface area contributed by atoms with E-state index < -0.39 is 5.95 Å². The van der Waals surface area contributed by atoms with Gasteiger partial charge in [-0.3, -0.25) is 4.98 Å². The molecule has 0 aliphatic rings. The number of halogens is 2. The van der Waals surface area contributed by atoms with Gasteiger partial charge in [-0.1, -0.05) is 11.6 Å². The topological polar surface area (TPSA) is 30.7 Å². The van der Waals surface area contributed by atoms with Gasteiger partial charge < -0.3 is 4.57 Å². The summed E-state index contributed by atoms with van der Waals surface area (Å²) in [5.74, 6) is -0.506. The lowest BCUT2D eigenvalue weighted by molar-refractivity contribution is 0.584. The molecule has 4 rings (SSSR count). The molecule has 0 amide bonds. The zero-order valence-electron chi connectivity index (χ0n) is 11.9. The van der Waals surface area contributed by atoms with Crippen LogP contribution in [-0.2, 0) is 0 Å². The second-order valence-corrected chi connectivity index (χ2v) is 5.58. The average Bonchev–Trinajstić information content (AvgIpc) is 2.95. The molecule has 0 saturated carbocycles. The summed E-state index contributed by atoms with van der Waals surface area (Å²) in [7, 11) is 0. The van der Waals surface area contributed by atoms with E-state index in [4.69, 9.17) is 11.6 Å². The summed E-state index contributed by atoms with van der Waals surface area (Å²) in [6.07, 6.45) is 5.00. The minimum atomic E-state index is -0.506. The van der Waals surface area contributed by atoms with Crippen LogP contribution in [0.3, 0.4) is 0 Å². The van der Waals surface area contributed by atoms with E-state index in [2.05, 4.69) is 9.97 Å². The van der Waals surface area contributed by atoms with E-state index in [9.17, 15) is 4.39 Å². The third kappa shape index (κ3) is 2.47. The molecule has 0 aliphatic heterocycles. The van der Waals surface area contributed by atoms with Crippen LogP contribution in [0.1, 0.15) is 0 Å². The normalized spacial score (nSPS) is 11.0. The Hall–Kier alpha value is -2.72. The van der Waals surface area contributed by atoms with E-state index >= 15 is 0 Å². The molecule has 0 atom stereocenters. The number of hydrogen-bond acceptors (Lipinski definition) is 2. The highest BCUT2D eigenvalue weighted by Crippen LogP contribution is 2.31. The number of nitrogens with zero attached hydrogens (tertiary/aromatic N) is 3. The fourth-order valence-electron chi connectivity index (χ4n) is 2.69. The van der Waals surface area contributed by atoms with Gasteiger partial charge in [-0.05, 0) is 42.5 Å². The van der Waals surface area contributed by atoms with Gasteiger partial charge in [-0.15, -0.1) is 0 Å². The summed E-state index contributed by atoms with van der Waals surface area (Å²) in [5.41, 5.74) is 3.51. The van der Waals surface area contributed by atoms with E-state index in [-0.39, 0.29) is 0 Å². The number of rotatable bonds is 2. The van der Waals surface area contributed by atoms with Gasteiger partial charge in [0.2, 0.25) is 5.95 Å². The minimum Gasteiger partial charge on any atom is -0.308 e. The highest BCUT2D eigenvalue weighted by atomic mass is 35.5. The monoisotopic (exact) mass is 323 g/mol. The summed E-state index contributed by atoms with van der Waals surface area (Å²) < 4.78 is 15.6. The van der Waals surface area contributed by atoms with Gasteiger partial charge in [-0.25, -0.2) is 4.98 Å². The molecule has 3 heterocycles. The fraction of sp³-hybridized carbons (Fsp3) is 0. The Labute approximate surface area is 137 Å². The van der Waals surface area contributed by atoms with Crippen LogP contribution in [0.15, 0.2) is 67.1 Å². The van der Waals surface area contributed by atoms with Gasteiger partial charge in [0, 0.05) is 40.1 Å². The van der Waals surface area contributed by atoms with Crippen molar-refractivity contribution < 1.29 is 4.39 Å². The highest BCUT2D eigenvalue weighted by Gasteiger charge is 2.13. The van der Waals surface area contributed by atoms with Crippen molar-refractivity contribution in [3.05, 3.63) is 78.1 Å². The number of pyridine rings is 2. The Morgan fingerprint density at radius 2 is 1.78 bits per heavy atom. The molecule has 0 unspecified atom stereocenters. The molecule has 0 radical (unpaired) electrons. The molecular formula is C18H11ClFN3. The van der Waals surface area contributed by atoms with Gasteiger partial charge in [0.05, 0.1) is 17.4 Å². The standard InChI is InChI=1S/C18H11ClFN3/c19-14-1-3-15(4-2-14)23-16(13-6-8-22-18(20)10-13)9-12-5-7-21-11-17(12)23/h1-11H. The largest absolute Gasteiger partial charge is 0.308 e. The van der Waals surface area contributed by atoms with Crippen LogP contribution in [0, 0.1) is 5.95 Å². The predicted octanol–water partition coefficient (Wildman–Crippen LogP) is 4.88. The van der Waals surface area contributed by atoms with E-state index in [1.165, 1.54) is 12.3 Å². The zero-order valence-corrected chi connectivity index (χ0v) is 12.7. The molecule has 3 nitrogen and oxygen atoms in total. The second kappa shape index (κ2) is 5.48. The lowest BCUT2D eigenvalue weighted by Crippen LogP contribution is -1.97. The quantitative estimate of drug-likeness (QED) is 0.492. The molecule has 0 saturated heterocycles. The van der Waals surface area contributed by atoms with E-state index in [1.54, 1.807) is 18.5 Å². The van der Waals surface area contributed by atoms with Crippen molar-refractivity contribution in [1.82, 2.24) is 14.5 Å². The lowest BCUT2D eigenvalue weighted by atomic mass is 10.2. The third-order valence-electron chi connectivity index (χ3n) is 3.71. The van der Waals surface area contributed by atoms with Crippen LogP contribution in [0.4, 0.5) is 4.39 Å². The fourth-order valence-corrected chi connectivity index (χ4v) is 2.82. The van der Waals surface area contributed by atoms with Gasteiger partial charge in [-0.2, -0.15) is 4.39 Å². The Kier molecular flexibility index (Phi) is 3.32. The molecule has 0 bridgehead atoms. The molecule has 4 aromatic rings. The van der Waals surface area contributed by atoms with Crippen LogP contribution in [-0.4, -0.2) is 14.5 Å². The molecule has 0 N–H and O–H groups in total. The van der Waals surface area contributed by atoms with Crippen LogP contribution in [0.2, 0.25) is 5.02 Å². The average molecular weight is 324 g/mol. The van der Waals surface area contributed by atoms with Crippen molar-refractivity contribution >= 4 is 22.5 Å². The molecule has 3 aromatic heterocycles. The molecule has 0 aliphatic carbocycles.